The van der Waals surface area contributed by atoms with Gasteiger partial charge in [0.2, 0.25) is 0 Å². The van der Waals surface area contributed by atoms with Crippen molar-refractivity contribution in [1.29, 1.82) is 0 Å². The molecule has 1 fully saturated rings. The second kappa shape index (κ2) is 7.55. The lowest BCUT2D eigenvalue weighted by Gasteiger charge is -2.49. The lowest BCUT2D eigenvalue weighted by atomic mass is 9.67. The first-order valence-electron chi connectivity index (χ1n) is 9.26. The van der Waals surface area contributed by atoms with Gasteiger partial charge in [-0.1, -0.05) is 73.2 Å². The molecule has 2 heteroatoms. The van der Waals surface area contributed by atoms with Gasteiger partial charge in [0.25, 0.3) is 0 Å². The normalized spacial score (nSPS) is 29.3. The molecule has 2 aromatic carbocycles. The van der Waals surface area contributed by atoms with Gasteiger partial charge in [-0.3, -0.25) is 0 Å². The fraction of sp³-hybridized carbons (Fsp3) is 0.391. The van der Waals surface area contributed by atoms with Crippen LogP contribution < -0.4 is 5.32 Å². The Morgan fingerprint density at radius 2 is 1.64 bits per heavy atom. The summed E-state index contributed by atoms with van der Waals surface area (Å²) in [6.45, 7) is 8.27. The summed E-state index contributed by atoms with van der Waals surface area (Å²) in [4.78, 5) is 0. The summed E-state index contributed by atoms with van der Waals surface area (Å²) < 4.78 is 0. The molecule has 1 aliphatic rings. The van der Waals surface area contributed by atoms with E-state index >= 15 is 0 Å². The van der Waals surface area contributed by atoms with Crippen LogP contribution in [-0.4, -0.2) is 10.7 Å². The quantitative estimate of drug-likeness (QED) is 0.737. The van der Waals surface area contributed by atoms with Crippen LogP contribution in [0.2, 0.25) is 0 Å². The Labute approximate surface area is 151 Å². The first-order chi connectivity index (χ1) is 12.0. The van der Waals surface area contributed by atoms with Gasteiger partial charge in [0.05, 0.1) is 5.60 Å². The molecular formula is C23H29NO. The highest BCUT2D eigenvalue weighted by Gasteiger charge is 2.47. The van der Waals surface area contributed by atoms with Crippen molar-refractivity contribution in [1.82, 2.24) is 5.32 Å². The van der Waals surface area contributed by atoms with Gasteiger partial charge in [-0.2, -0.15) is 0 Å². The Kier molecular flexibility index (Phi) is 5.41. The van der Waals surface area contributed by atoms with Crippen LogP contribution in [0.25, 0.3) is 0 Å². The molecule has 0 spiro atoms. The fourth-order valence-electron chi connectivity index (χ4n) is 4.44. The van der Waals surface area contributed by atoms with E-state index in [1.54, 1.807) is 0 Å². The van der Waals surface area contributed by atoms with E-state index < -0.39 is 5.60 Å². The second-order valence-corrected chi connectivity index (χ2v) is 7.47. The number of nitrogens with one attached hydrogen (secondary N) is 1. The van der Waals surface area contributed by atoms with E-state index in [1.165, 1.54) is 11.1 Å². The third-order valence-corrected chi connectivity index (χ3v) is 5.44. The largest absolute Gasteiger partial charge is 0.389 e. The molecule has 1 aliphatic heterocycles. The molecule has 25 heavy (non-hydrogen) atoms. The minimum atomic E-state index is -0.743. The summed E-state index contributed by atoms with van der Waals surface area (Å²) >= 11 is 0. The highest BCUT2D eigenvalue weighted by Crippen LogP contribution is 2.47. The van der Waals surface area contributed by atoms with Gasteiger partial charge in [0, 0.05) is 18.0 Å². The van der Waals surface area contributed by atoms with Crippen LogP contribution in [0.5, 0.6) is 0 Å². The second-order valence-electron chi connectivity index (χ2n) is 7.47. The molecule has 3 rings (SSSR count). The lowest BCUT2D eigenvalue weighted by molar-refractivity contribution is -0.0759. The van der Waals surface area contributed by atoms with Gasteiger partial charge < -0.3 is 10.4 Å². The highest BCUT2D eigenvalue weighted by atomic mass is 16.3. The number of rotatable bonds is 5. The van der Waals surface area contributed by atoms with Crippen LogP contribution in [0.1, 0.15) is 56.3 Å². The van der Waals surface area contributed by atoms with Crippen molar-refractivity contribution in [3.8, 4) is 0 Å². The Hall–Kier alpha value is -1.90. The highest BCUT2D eigenvalue weighted by molar-refractivity contribution is 5.27. The zero-order valence-electron chi connectivity index (χ0n) is 15.3. The van der Waals surface area contributed by atoms with E-state index in [0.29, 0.717) is 12.8 Å². The lowest BCUT2D eigenvalue weighted by Crippen LogP contribution is -2.53. The van der Waals surface area contributed by atoms with Crippen LogP contribution in [0.15, 0.2) is 72.8 Å². The molecule has 1 heterocycles. The van der Waals surface area contributed by atoms with Crippen molar-refractivity contribution in [2.75, 3.05) is 0 Å². The minimum Gasteiger partial charge on any atom is -0.389 e. The van der Waals surface area contributed by atoms with Crippen LogP contribution in [0.3, 0.4) is 0 Å². The maximum absolute atomic E-state index is 11.7. The molecule has 4 atom stereocenters. The molecule has 0 bridgehead atoms. The summed E-state index contributed by atoms with van der Waals surface area (Å²) in [5.41, 5.74) is 2.78. The van der Waals surface area contributed by atoms with Gasteiger partial charge in [0.15, 0.2) is 0 Å². The molecule has 0 saturated carbocycles. The van der Waals surface area contributed by atoms with Crippen molar-refractivity contribution in [2.45, 2.75) is 50.8 Å². The summed E-state index contributed by atoms with van der Waals surface area (Å²) in [7, 11) is 0. The first kappa shape index (κ1) is 17.9. The van der Waals surface area contributed by atoms with Crippen molar-refractivity contribution in [3.05, 3.63) is 83.9 Å². The Morgan fingerprint density at radius 3 is 2.16 bits per heavy atom. The molecule has 1 saturated heterocycles. The van der Waals surface area contributed by atoms with Gasteiger partial charge in [-0.25, -0.2) is 0 Å². The molecule has 0 aliphatic carbocycles. The maximum atomic E-state index is 11.7. The van der Waals surface area contributed by atoms with Gasteiger partial charge in [0.1, 0.15) is 0 Å². The summed E-state index contributed by atoms with van der Waals surface area (Å²) in [6.07, 6.45) is 2.30. The Morgan fingerprint density at radius 1 is 1.08 bits per heavy atom. The standard InChI is InChI=1S/C23H29NO/c1-4-20-22(19-13-9-6-10-14-19)24-21(18-11-7-5-8-12-18)16-23(20,25)15-17(2)3/h5-14,20-22,24-25H,2,4,15-16H2,1,3H3/t20-,21+,22-,23-/m1/s1. The zero-order chi connectivity index (χ0) is 17.9. The van der Waals surface area contributed by atoms with Gasteiger partial charge in [-0.05, 0) is 37.3 Å². The number of piperidine rings is 1. The number of aliphatic hydroxyl groups is 1. The Balaban J connectivity index is 2.01. The van der Waals surface area contributed by atoms with Crippen molar-refractivity contribution in [3.63, 3.8) is 0 Å². The van der Waals surface area contributed by atoms with E-state index in [-0.39, 0.29) is 18.0 Å². The fourth-order valence-corrected chi connectivity index (χ4v) is 4.44. The van der Waals surface area contributed by atoms with E-state index in [1.807, 2.05) is 19.1 Å². The van der Waals surface area contributed by atoms with Crippen molar-refractivity contribution in [2.24, 2.45) is 5.92 Å². The predicted molar refractivity (Wildman–Crippen MR) is 104 cm³/mol. The Bertz CT molecular complexity index is 697. The molecule has 0 amide bonds. The summed E-state index contributed by atoms with van der Waals surface area (Å²) in [5, 5.41) is 15.5. The first-order valence-corrected chi connectivity index (χ1v) is 9.26. The van der Waals surface area contributed by atoms with E-state index in [0.717, 1.165) is 12.0 Å². The van der Waals surface area contributed by atoms with Crippen LogP contribution >= 0.6 is 0 Å². The molecule has 2 N–H and O–H groups in total. The number of benzene rings is 2. The molecular weight excluding hydrogens is 306 g/mol. The smallest absolute Gasteiger partial charge is 0.0748 e. The van der Waals surface area contributed by atoms with Gasteiger partial charge >= 0.3 is 0 Å². The third kappa shape index (κ3) is 3.86. The molecule has 0 aromatic heterocycles. The number of hydrogen-bond donors (Lipinski definition) is 2. The minimum absolute atomic E-state index is 0.134. The third-order valence-electron chi connectivity index (χ3n) is 5.44. The van der Waals surface area contributed by atoms with Gasteiger partial charge in [-0.15, -0.1) is 6.58 Å². The van der Waals surface area contributed by atoms with E-state index in [2.05, 4.69) is 67.4 Å². The average molecular weight is 335 g/mol. The molecule has 0 radical (unpaired) electrons. The molecule has 2 nitrogen and oxygen atoms in total. The van der Waals surface area contributed by atoms with Crippen LogP contribution in [0, 0.1) is 5.92 Å². The molecule has 0 unspecified atom stereocenters. The summed E-state index contributed by atoms with van der Waals surface area (Å²) in [5.74, 6) is 0.159. The maximum Gasteiger partial charge on any atom is 0.0748 e. The number of hydrogen-bond acceptors (Lipinski definition) is 2. The molecule has 132 valence electrons. The van der Waals surface area contributed by atoms with Crippen molar-refractivity contribution < 1.29 is 5.11 Å². The topological polar surface area (TPSA) is 32.3 Å². The average Bonchev–Trinajstić information content (AvgIpc) is 2.61. The summed E-state index contributed by atoms with van der Waals surface area (Å²) in [6, 6.07) is 21.3. The van der Waals surface area contributed by atoms with E-state index in [9.17, 15) is 5.11 Å². The van der Waals surface area contributed by atoms with Crippen LogP contribution in [-0.2, 0) is 0 Å². The predicted octanol–water partition coefficient (Wildman–Crippen LogP) is 5.19. The monoisotopic (exact) mass is 335 g/mol. The molecule has 2 aromatic rings. The zero-order valence-corrected chi connectivity index (χ0v) is 15.3. The SMILES string of the molecule is C=C(C)C[C@@]1(O)C[C@@H](c2ccccc2)N[C@H](c2ccccc2)[C@H]1CC. The van der Waals surface area contributed by atoms with E-state index in [4.69, 9.17) is 0 Å². The van der Waals surface area contributed by atoms with Crippen molar-refractivity contribution >= 4 is 0 Å². The van der Waals surface area contributed by atoms with Crippen LogP contribution in [0.4, 0.5) is 0 Å².